The number of hydrogen-bond acceptors (Lipinski definition) is 9. The molecule has 0 aromatic heterocycles. The van der Waals surface area contributed by atoms with E-state index in [9.17, 15) is 20.3 Å². The first-order valence-corrected chi connectivity index (χ1v) is 21.6. The lowest BCUT2D eigenvalue weighted by Gasteiger charge is -2.60. The van der Waals surface area contributed by atoms with Crippen molar-refractivity contribution < 1.29 is 34.1 Å². The fourth-order valence-electron chi connectivity index (χ4n) is 9.71. The zero-order chi connectivity index (χ0) is 42.1. The Labute approximate surface area is 353 Å². The summed E-state index contributed by atoms with van der Waals surface area (Å²) in [5, 5.41) is 36.4. The van der Waals surface area contributed by atoms with Crippen molar-refractivity contribution in [3.05, 3.63) is 126 Å². The largest absolute Gasteiger partial charge is 0.459 e. The predicted octanol–water partition coefficient (Wildman–Crippen LogP) is 9.71. The third-order valence-corrected chi connectivity index (χ3v) is 12.3. The third kappa shape index (κ3) is 8.71. The first-order chi connectivity index (χ1) is 29.4. The lowest BCUT2D eigenvalue weighted by molar-refractivity contribution is -0.254. The van der Waals surface area contributed by atoms with Crippen LogP contribution in [0, 0.1) is 29.1 Å². The van der Waals surface area contributed by atoms with E-state index in [0.29, 0.717) is 61.5 Å². The highest BCUT2D eigenvalue weighted by Gasteiger charge is 2.65. The second-order valence-electron chi connectivity index (χ2n) is 16.0. The number of rotatable bonds is 19. The maximum absolute atomic E-state index is 14.8. The van der Waals surface area contributed by atoms with Crippen LogP contribution in [0.25, 0.3) is 10.8 Å². The van der Waals surface area contributed by atoms with Gasteiger partial charge in [-0.1, -0.05) is 67.4 Å². The molecule has 7 rings (SSSR count). The summed E-state index contributed by atoms with van der Waals surface area (Å²) in [6, 6.07) is 28.6. The van der Waals surface area contributed by atoms with Gasteiger partial charge in [0, 0.05) is 43.2 Å². The van der Waals surface area contributed by atoms with Crippen molar-refractivity contribution in [2.24, 2.45) is 22.9 Å². The number of ether oxygens (including phenoxy) is 3. The first kappa shape index (κ1) is 42.6. The smallest absolute Gasteiger partial charge is 0.254 e. The fourth-order valence-corrected chi connectivity index (χ4v) is 9.71. The average Bonchev–Trinajstić information content (AvgIpc) is 3.28. The molecule has 4 aromatic rings. The second kappa shape index (κ2) is 19.7. The van der Waals surface area contributed by atoms with Crippen LogP contribution in [0.1, 0.15) is 92.6 Å². The van der Waals surface area contributed by atoms with Gasteiger partial charge in [-0.15, -0.1) is 6.58 Å². The van der Waals surface area contributed by atoms with Crippen LogP contribution in [0.4, 0.5) is 0 Å². The van der Waals surface area contributed by atoms with E-state index in [-0.39, 0.29) is 43.5 Å². The number of oxime groups is 1. The van der Waals surface area contributed by atoms with E-state index < -0.39 is 17.7 Å². The van der Waals surface area contributed by atoms with E-state index in [2.05, 4.69) is 43.0 Å². The summed E-state index contributed by atoms with van der Waals surface area (Å²) in [6.45, 7) is 9.17. The van der Waals surface area contributed by atoms with Crippen molar-refractivity contribution in [1.82, 2.24) is 4.90 Å². The molecule has 10 nitrogen and oxygen atoms in total. The molecular weight excluding hydrogens is 755 g/mol. The predicted molar refractivity (Wildman–Crippen MR) is 233 cm³/mol. The number of aliphatic hydroxyl groups is 2. The van der Waals surface area contributed by atoms with Gasteiger partial charge in [0.2, 0.25) is 5.79 Å². The molecule has 0 radical (unpaired) electrons. The first-order valence-electron chi connectivity index (χ1n) is 21.6. The van der Waals surface area contributed by atoms with Gasteiger partial charge in [-0.2, -0.15) is 5.26 Å². The second-order valence-corrected chi connectivity index (χ2v) is 16.0. The van der Waals surface area contributed by atoms with E-state index >= 15 is 0 Å². The Balaban J connectivity index is 1.43. The number of hydrogen-bond donors (Lipinski definition) is 2. The number of carbonyl (C=O) groups is 1. The van der Waals surface area contributed by atoms with E-state index in [1.165, 1.54) is 0 Å². The zero-order valence-electron chi connectivity index (χ0n) is 34.8. The van der Waals surface area contributed by atoms with Crippen LogP contribution in [0.5, 0.6) is 17.2 Å². The summed E-state index contributed by atoms with van der Waals surface area (Å²) >= 11 is 0. The van der Waals surface area contributed by atoms with Gasteiger partial charge in [0.1, 0.15) is 29.9 Å². The van der Waals surface area contributed by atoms with E-state index in [0.717, 1.165) is 59.1 Å². The minimum atomic E-state index is -1.37. The van der Waals surface area contributed by atoms with Crippen molar-refractivity contribution in [2.45, 2.75) is 83.0 Å². The van der Waals surface area contributed by atoms with Gasteiger partial charge in [-0.05, 0) is 122 Å². The highest BCUT2D eigenvalue weighted by Crippen LogP contribution is 2.62. The lowest BCUT2D eigenvalue weighted by Crippen LogP contribution is -2.70. The molecule has 0 saturated heterocycles. The molecule has 0 bridgehead atoms. The summed E-state index contributed by atoms with van der Waals surface area (Å²) in [6.07, 6.45) is 9.75. The zero-order valence-corrected chi connectivity index (χ0v) is 34.8. The molecule has 2 aliphatic carbocycles. The number of unbranched alkanes of at least 4 members (excludes halogenated alkanes) is 2. The Hall–Kier alpha value is -5.47. The number of carbonyl (C=O) groups excluding carboxylic acids is 1. The monoisotopic (exact) mass is 811 g/mol. The fraction of sp³-hybridized carbons (Fsp3) is 0.420. The third-order valence-electron chi connectivity index (χ3n) is 12.3. The number of nitrogens with zero attached hydrogens (tertiary/aromatic N) is 3. The molecule has 3 aliphatic rings. The minimum absolute atomic E-state index is 0.0789. The molecule has 4 aromatic carbocycles. The number of fused-ring (bicyclic) bond motifs is 3. The average molecular weight is 812 g/mol. The van der Waals surface area contributed by atoms with Crippen molar-refractivity contribution in [3.63, 3.8) is 0 Å². The number of benzene rings is 4. The van der Waals surface area contributed by atoms with Gasteiger partial charge in [0.05, 0.1) is 29.9 Å². The lowest BCUT2D eigenvalue weighted by atomic mass is 9.55. The quantitative estimate of drug-likeness (QED) is 0.0544. The topological polar surface area (TPSA) is 134 Å². The highest BCUT2D eigenvalue weighted by molar-refractivity contribution is 6.03. The number of nitriles is 1. The molecule has 10 heteroatoms. The summed E-state index contributed by atoms with van der Waals surface area (Å²) in [4.78, 5) is 22.6. The standard InChI is InChI=1S/C50H57N3O7/c1-4-25-53(49(56)36-19-17-34(33-51)18-20-36)46-32-44(52-58-6-3)42-30-38(15-9-11-26-54)41(16-10-12-27-55)47-43-31-40(59-39-22-21-35-13-7-8-14-37(35)29-39)23-24-45(43)60-50(46,48(42)47)57-28-5-2/h5,7-8,13-14,17-24,29-31,38,41,46-48,54-55H,2,4,6,9-12,15-16,25-28,32H2,1,3H3. The van der Waals surface area contributed by atoms with Crippen LogP contribution in [0.2, 0.25) is 0 Å². The summed E-state index contributed by atoms with van der Waals surface area (Å²) in [7, 11) is 0. The molecule has 1 amide bonds. The maximum atomic E-state index is 14.8. The van der Waals surface area contributed by atoms with Crippen LogP contribution < -0.4 is 9.47 Å². The highest BCUT2D eigenvalue weighted by atomic mass is 16.7. The Kier molecular flexibility index (Phi) is 14.0. The molecule has 1 saturated carbocycles. The summed E-state index contributed by atoms with van der Waals surface area (Å²) in [5.41, 5.74) is 3.65. The van der Waals surface area contributed by atoms with Gasteiger partial charge in [-0.3, -0.25) is 4.79 Å². The molecule has 6 unspecified atom stereocenters. The van der Waals surface area contributed by atoms with E-state index in [1.807, 2.05) is 55.1 Å². The molecule has 1 aliphatic heterocycles. The van der Waals surface area contributed by atoms with Gasteiger partial charge in [0.25, 0.3) is 5.91 Å². The summed E-state index contributed by atoms with van der Waals surface area (Å²) < 4.78 is 21.1. The van der Waals surface area contributed by atoms with E-state index in [4.69, 9.17) is 24.2 Å². The Morgan fingerprint density at radius 3 is 2.42 bits per heavy atom. The van der Waals surface area contributed by atoms with Crippen LogP contribution in [-0.4, -0.2) is 71.5 Å². The Morgan fingerprint density at radius 1 is 0.967 bits per heavy atom. The van der Waals surface area contributed by atoms with Crippen LogP contribution in [0.15, 0.2) is 114 Å². The van der Waals surface area contributed by atoms with Gasteiger partial charge >= 0.3 is 0 Å². The Morgan fingerprint density at radius 2 is 1.70 bits per heavy atom. The maximum Gasteiger partial charge on any atom is 0.254 e. The number of amides is 1. The van der Waals surface area contributed by atoms with Gasteiger partial charge < -0.3 is 34.2 Å². The van der Waals surface area contributed by atoms with Crippen molar-refractivity contribution in [2.75, 3.05) is 33.0 Å². The van der Waals surface area contributed by atoms with Crippen LogP contribution in [0.3, 0.4) is 0 Å². The van der Waals surface area contributed by atoms with E-state index in [1.54, 1.807) is 30.3 Å². The van der Waals surface area contributed by atoms with Crippen molar-refractivity contribution in [1.29, 1.82) is 5.26 Å². The molecular formula is C50H57N3O7. The molecule has 60 heavy (non-hydrogen) atoms. The molecule has 6 atom stereocenters. The molecule has 2 N–H and O–H groups in total. The van der Waals surface area contributed by atoms with Crippen molar-refractivity contribution >= 4 is 22.4 Å². The van der Waals surface area contributed by atoms with Gasteiger partial charge in [0.15, 0.2) is 0 Å². The molecule has 0 spiro atoms. The number of allylic oxidation sites excluding steroid dienone is 1. The van der Waals surface area contributed by atoms with Crippen LogP contribution >= 0.6 is 0 Å². The molecule has 1 fully saturated rings. The molecule has 314 valence electrons. The normalized spacial score (nSPS) is 23.4. The minimum Gasteiger partial charge on any atom is -0.459 e. The Bertz CT molecular complexity index is 2230. The van der Waals surface area contributed by atoms with Crippen molar-refractivity contribution in [3.8, 4) is 23.3 Å². The number of aliphatic hydroxyl groups excluding tert-OH is 2. The molecule has 1 heterocycles. The van der Waals surface area contributed by atoms with Crippen LogP contribution in [-0.2, 0) is 9.57 Å². The van der Waals surface area contributed by atoms with Gasteiger partial charge in [-0.25, -0.2) is 0 Å². The summed E-state index contributed by atoms with van der Waals surface area (Å²) in [5.74, 6) is 0.0646. The SMILES string of the molecule is C=CCOC12Oc3ccc(Oc4ccc5ccccc5c4)cc3C3C(CCCCO)C(CCCCO)C=C(C(=NOCC)CC1N(CCC)C(=O)c1ccc(C#N)cc1)C32.